The molecule has 5 heteroatoms. The molecular weight excluding hydrogens is 1430 g/mol. The molecule has 10 aromatic rings. The van der Waals surface area contributed by atoms with Gasteiger partial charge in [0.25, 0.3) is 0 Å². The maximum absolute atomic E-state index is 2.36. The quantitative estimate of drug-likeness (QED) is 0.0845. The summed E-state index contributed by atoms with van der Waals surface area (Å²) in [6, 6.07) is 108. The molecule has 0 aliphatic heterocycles. The Morgan fingerprint density at radius 3 is 0.356 bits per heavy atom. The van der Waals surface area contributed by atoms with Crippen LogP contribution in [0.3, 0.4) is 0 Å². The van der Waals surface area contributed by atoms with Crippen LogP contribution >= 0.6 is 15.8 Å². The van der Waals surface area contributed by atoms with Crippen LogP contribution in [0.4, 0.5) is 0 Å². The summed E-state index contributed by atoms with van der Waals surface area (Å²) in [5.41, 5.74) is 15.3. The van der Waals surface area contributed by atoms with Crippen LogP contribution in [-0.2, 0) is 54.6 Å². The molecule has 0 unspecified atom stereocenters. The molecule has 20 radical (unpaired) electrons. The van der Waals surface area contributed by atoms with Crippen molar-refractivity contribution in [2.45, 2.75) is 104 Å². The molecule has 0 nitrogen and oxygen atoms in total. The summed E-state index contributed by atoms with van der Waals surface area (Å²) in [6.45, 7) is 28.3. The Hall–Kier alpha value is -5.24. The fourth-order valence-corrected chi connectivity index (χ4v) is 22.8. The molecule has 0 spiro atoms. The third-order valence-electron chi connectivity index (χ3n) is 17.6. The van der Waals surface area contributed by atoms with Crippen LogP contribution in [-0.4, -0.2) is 20.6 Å². The Morgan fingerprint density at radius 1 is 0.168 bits per heavy atom. The Morgan fingerprint density at radius 2 is 0.267 bits per heavy atom. The number of benzene rings is 10. The van der Waals surface area contributed by atoms with Crippen molar-refractivity contribution in [3.05, 3.63) is 481 Å². The van der Waals surface area contributed by atoms with Gasteiger partial charge in [-0.1, -0.05) is 402 Å². The second-order valence-electron chi connectivity index (χ2n) is 29.1. The van der Waals surface area contributed by atoms with Gasteiger partial charge in [0.1, 0.15) is 0 Å². The Bertz CT molecular complexity index is 3090. The van der Waals surface area contributed by atoms with Crippen molar-refractivity contribution in [2.24, 2.45) is 0 Å². The van der Waals surface area contributed by atoms with E-state index in [1.807, 2.05) is 0 Å². The van der Waals surface area contributed by atoms with Crippen LogP contribution in [0.1, 0.15) is 139 Å². The van der Waals surface area contributed by atoms with Crippen LogP contribution in [0.5, 0.6) is 0 Å². The molecule has 514 valence electrons. The van der Waals surface area contributed by atoms with Crippen molar-refractivity contribution in [1.82, 2.24) is 0 Å². The average molecular weight is 1530 g/mol. The van der Waals surface area contributed by atoms with Gasteiger partial charge in [0.15, 0.2) is 0 Å². The monoisotopic (exact) mass is 1530 g/mol. The van der Waals surface area contributed by atoms with E-state index in [4.69, 9.17) is 0 Å². The first-order valence-electron chi connectivity index (χ1n) is 34.6. The first-order chi connectivity index (χ1) is 47.3. The summed E-state index contributed by atoms with van der Waals surface area (Å²) in [6.07, 6.45) is 17.7. The van der Waals surface area contributed by atoms with Crippen LogP contribution in [0, 0.1) is 122 Å². The molecule has 10 aromatic carbocycles. The number of rotatable bonds is 12. The Kier molecular flexibility index (Phi) is 30.4. The van der Waals surface area contributed by atoms with Crippen molar-refractivity contribution in [2.75, 3.05) is 0 Å². The molecule has 0 saturated heterocycles. The van der Waals surface area contributed by atoms with Crippen LogP contribution < -0.4 is 0 Å². The van der Waals surface area contributed by atoms with E-state index in [0.717, 1.165) is 0 Å². The van der Waals surface area contributed by atoms with Gasteiger partial charge in [0.05, 0.1) is 0 Å². The molecule has 101 heavy (non-hydrogen) atoms. The minimum Gasteiger partial charge on any atom is -0.0877 e. The van der Waals surface area contributed by atoms with Gasteiger partial charge >= 0.3 is 0 Å². The summed E-state index contributed by atoms with van der Waals surface area (Å²) in [7, 11) is -0.202. The van der Waals surface area contributed by atoms with E-state index in [1.165, 1.54) is 115 Å². The average Bonchev–Trinajstić information content (AvgIpc) is 1.58. The molecular formula is C96H94Fe2P2Pd. The van der Waals surface area contributed by atoms with E-state index in [0.29, 0.717) is 20.6 Å². The van der Waals surface area contributed by atoms with E-state index in [2.05, 4.69) is 438 Å². The minimum absolute atomic E-state index is 0. The number of hydrogen-bond acceptors (Lipinski definition) is 0. The van der Waals surface area contributed by atoms with Gasteiger partial charge in [0, 0.05) is 125 Å². The number of hydrogen-bond donors (Lipinski definition) is 0. The molecule has 0 N–H and O–H groups in total. The molecule has 0 heterocycles. The topological polar surface area (TPSA) is 0 Å². The SMILES string of the molecule is CC(C)(C)P([C]1[CH][CH][CH][CH]1)C(C)(C)C.CC(C)(C)P([C]1[CH][CH][CH][CH]1)C(C)(C)C.[Fe].[Fe].[Pd].c1ccc([C]2[C](c3ccccc3)[C](c3ccccc3)[C](c3ccccc3)[C]2c2ccccc2)cc1.c1ccc([C]2[C](c3ccccc3)[C](c3ccccc3)[C](c3ccccc3)[C]2c2ccccc2)cc1. The van der Waals surface area contributed by atoms with E-state index < -0.39 is 0 Å². The van der Waals surface area contributed by atoms with Gasteiger partial charge in [0.2, 0.25) is 0 Å². The molecule has 4 saturated carbocycles. The first kappa shape index (κ1) is 81.4. The predicted molar refractivity (Wildman–Crippen MR) is 422 cm³/mol. The molecule has 0 amide bonds. The molecule has 14 rings (SSSR count). The van der Waals surface area contributed by atoms with E-state index in [-0.39, 0.29) is 70.4 Å². The van der Waals surface area contributed by atoms with Crippen LogP contribution in [0.15, 0.2) is 303 Å². The van der Waals surface area contributed by atoms with Gasteiger partial charge < -0.3 is 0 Å². The molecule has 0 aromatic heterocycles. The summed E-state index contributed by atoms with van der Waals surface area (Å²) in [5.74, 6) is 12.8. The fourth-order valence-electron chi connectivity index (χ4n) is 14.8. The smallest absolute Gasteiger partial charge is 0.0299 e. The first-order valence-corrected chi connectivity index (χ1v) is 37.3. The van der Waals surface area contributed by atoms with E-state index in [9.17, 15) is 0 Å². The van der Waals surface area contributed by atoms with Gasteiger partial charge in [-0.15, -0.1) is 0 Å². The zero-order valence-electron chi connectivity index (χ0n) is 60.4. The van der Waals surface area contributed by atoms with Crippen LogP contribution in [0.2, 0.25) is 0 Å². The van der Waals surface area contributed by atoms with Crippen LogP contribution in [0.25, 0.3) is 0 Å². The summed E-state index contributed by atoms with van der Waals surface area (Å²) >= 11 is 0. The molecule has 0 atom stereocenters. The normalized spacial score (nSPS) is 16.9. The van der Waals surface area contributed by atoms with E-state index in [1.54, 1.807) is 11.3 Å². The molecule has 4 aliphatic carbocycles. The zero-order chi connectivity index (χ0) is 68.9. The molecule has 4 aliphatic rings. The van der Waals surface area contributed by atoms with Gasteiger partial charge in [-0.3, -0.25) is 0 Å². The maximum atomic E-state index is 2.36. The van der Waals surface area contributed by atoms with Gasteiger partial charge in [-0.05, 0) is 128 Å². The predicted octanol–water partition coefficient (Wildman–Crippen LogP) is 25.1. The van der Waals surface area contributed by atoms with Crippen molar-refractivity contribution < 1.29 is 54.6 Å². The minimum atomic E-state index is -0.101. The Labute approximate surface area is 649 Å². The summed E-state index contributed by atoms with van der Waals surface area (Å²) in [4.78, 5) is 0. The largest absolute Gasteiger partial charge is 0.0877 e. The third kappa shape index (κ3) is 20.2. The molecule has 0 bridgehead atoms. The van der Waals surface area contributed by atoms with Crippen molar-refractivity contribution in [1.29, 1.82) is 0 Å². The Balaban J connectivity index is 0.000000184. The second kappa shape index (κ2) is 37.6. The maximum Gasteiger partial charge on any atom is 0.0299 e. The standard InChI is InChI=1S/2C35H25.2C13H22P.2Fe.Pd/c2*1-6-16-26(17-7-1)31-32(27-18-8-2-9-19-27)34(29-22-12-4-13-23-29)35(30-24-14-5-15-25-30)33(31)28-20-10-3-11-21-28;2*1-12(2,3)14(13(4,5)6)11-9-7-8-10-11;;;/h2*1-25H;2*7-10H,1-6H3;;;. The molecule has 4 fully saturated rings. The van der Waals surface area contributed by atoms with Crippen molar-refractivity contribution in [3.8, 4) is 0 Å². The summed E-state index contributed by atoms with van der Waals surface area (Å²) in [5, 5.41) is 1.56. The fraction of sp³-hybridized carbons (Fsp3) is 0.167. The van der Waals surface area contributed by atoms with Crippen molar-refractivity contribution >= 4 is 15.8 Å². The zero-order valence-corrected chi connectivity index (χ0v) is 66.0. The second-order valence-corrected chi connectivity index (χ2v) is 36.8. The van der Waals surface area contributed by atoms with E-state index >= 15 is 0 Å². The van der Waals surface area contributed by atoms with Crippen molar-refractivity contribution in [3.63, 3.8) is 0 Å². The summed E-state index contributed by atoms with van der Waals surface area (Å²) < 4.78 is 0. The third-order valence-corrected chi connectivity index (χ3v) is 24.6. The van der Waals surface area contributed by atoms with Gasteiger partial charge in [-0.2, -0.15) is 0 Å². The van der Waals surface area contributed by atoms with Gasteiger partial charge in [-0.25, -0.2) is 0 Å².